The standard InChI is InChI=1S/C15H30N2/c1-12-8-10-15(11-9-12,17(3)4)14(16-2)13-6-5-7-13/h12-14,16H,5-11H2,1-4H3. The molecule has 0 aromatic carbocycles. The van der Waals surface area contributed by atoms with Crippen LogP contribution < -0.4 is 5.32 Å². The first-order valence-electron chi connectivity index (χ1n) is 7.45. The Labute approximate surface area is 107 Å². The van der Waals surface area contributed by atoms with Crippen molar-refractivity contribution in [2.45, 2.75) is 63.5 Å². The molecule has 0 aromatic heterocycles. The van der Waals surface area contributed by atoms with Crippen LogP contribution in [0.4, 0.5) is 0 Å². The average molecular weight is 238 g/mol. The van der Waals surface area contributed by atoms with Crippen LogP contribution in [0.15, 0.2) is 0 Å². The molecular formula is C15H30N2. The maximum Gasteiger partial charge on any atom is 0.0359 e. The highest BCUT2D eigenvalue weighted by atomic mass is 15.2. The molecule has 2 saturated carbocycles. The topological polar surface area (TPSA) is 15.3 Å². The molecule has 0 amide bonds. The van der Waals surface area contributed by atoms with Gasteiger partial charge in [0.05, 0.1) is 0 Å². The van der Waals surface area contributed by atoms with Gasteiger partial charge in [-0.2, -0.15) is 0 Å². The Kier molecular flexibility index (Phi) is 4.14. The number of rotatable bonds is 4. The van der Waals surface area contributed by atoms with Crippen molar-refractivity contribution in [1.82, 2.24) is 10.2 Å². The predicted molar refractivity (Wildman–Crippen MR) is 74.2 cm³/mol. The van der Waals surface area contributed by atoms with Crippen LogP contribution in [-0.4, -0.2) is 37.6 Å². The fourth-order valence-corrected chi connectivity index (χ4v) is 4.01. The zero-order valence-electron chi connectivity index (χ0n) is 12.1. The van der Waals surface area contributed by atoms with Crippen LogP contribution in [0.3, 0.4) is 0 Å². The van der Waals surface area contributed by atoms with Gasteiger partial charge in [-0.05, 0) is 71.5 Å². The van der Waals surface area contributed by atoms with Gasteiger partial charge in [0, 0.05) is 11.6 Å². The van der Waals surface area contributed by atoms with E-state index in [2.05, 4.69) is 38.3 Å². The van der Waals surface area contributed by atoms with Crippen LogP contribution in [0.5, 0.6) is 0 Å². The predicted octanol–water partition coefficient (Wildman–Crippen LogP) is 2.89. The van der Waals surface area contributed by atoms with E-state index in [-0.39, 0.29) is 0 Å². The number of likely N-dealkylation sites (N-methyl/N-ethyl adjacent to an activating group) is 2. The fourth-order valence-electron chi connectivity index (χ4n) is 4.01. The van der Waals surface area contributed by atoms with E-state index >= 15 is 0 Å². The van der Waals surface area contributed by atoms with E-state index in [4.69, 9.17) is 0 Å². The first-order valence-corrected chi connectivity index (χ1v) is 7.45. The summed E-state index contributed by atoms with van der Waals surface area (Å²) in [5.41, 5.74) is 0.423. The van der Waals surface area contributed by atoms with Gasteiger partial charge < -0.3 is 10.2 Å². The lowest BCUT2D eigenvalue weighted by Gasteiger charge is -2.53. The Balaban J connectivity index is 2.14. The van der Waals surface area contributed by atoms with Gasteiger partial charge in [-0.1, -0.05) is 13.3 Å². The number of hydrogen-bond donors (Lipinski definition) is 1. The van der Waals surface area contributed by atoms with Crippen molar-refractivity contribution < 1.29 is 0 Å². The Bertz CT molecular complexity index is 237. The SMILES string of the molecule is CNC(C1CCC1)C1(N(C)C)CCC(C)CC1. The van der Waals surface area contributed by atoms with Gasteiger partial charge in [0.25, 0.3) is 0 Å². The molecule has 0 spiro atoms. The number of nitrogens with zero attached hydrogens (tertiary/aromatic N) is 1. The summed E-state index contributed by atoms with van der Waals surface area (Å²) in [5, 5.41) is 3.67. The molecule has 0 aromatic rings. The molecule has 2 heteroatoms. The minimum absolute atomic E-state index is 0.423. The van der Waals surface area contributed by atoms with E-state index in [9.17, 15) is 0 Å². The van der Waals surface area contributed by atoms with Crippen molar-refractivity contribution in [3.8, 4) is 0 Å². The second kappa shape index (κ2) is 5.27. The van der Waals surface area contributed by atoms with Gasteiger partial charge >= 0.3 is 0 Å². The van der Waals surface area contributed by atoms with E-state index in [0.717, 1.165) is 11.8 Å². The van der Waals surface area contributed by atoms with Crippen LogP contribution in [0.2, 0.25) is 0 Å². The maximum atomic E-state index is 3.67. The summed E-state index contributed by atoms with van der Waals surface area (Å²) >= 11 is 0. The largest absolute Gasteiger partial charge is 0.315 e. The van der Waals surface area contributed by atoms with Crippen LogP contribution >= 0.6 is 0 Å². The Morgan fingerprint density at radius 3 is 2.06 bits per heavy atom. The molecule has 0 aliphatic heterocycles. The van der Waals surface area contributed by atoms with E-state index in [0.29, 0.717) is 11.6 Å². The monoisotopic (exact) mass is 238 g/mol. The molecule has 0 radical (unpaired) electrons. The lowest BCUT2D eigenvalue weighted by Crippen LogP contribution is -2.63. The summed E-state index contributed by atoms with van der Waals surface area (Å²) in [4.78, 5) is 2.53. The second-order valence-electron chi connectivity index (χ2n) is 6.64. The molecule has 0 bridgehead atoms. The van der Waals surface area contributed by atoms with E-state index < -0.39 is 0 Å². The number of nitrogens with one attached hydrogen (secondary N) is 1. The van der Waals surface area contributed by atoms with Gasteiger partial charge in [-0.3, -0.25) is 0 Å². The molecule has 0 saturated heterocycles. The normalized spacial score (nSPS) is 36.9. The zero-order chi connectivity index (χ0) is 12.5. The maximum absolute atomic E-state index is 3.67. The third-order valence-corrected chi connectivity index (χ3v) is 5.54. The van der Waals surface area contributed by atoms with Gasteiger partial charge in [0.15, 0.2) is 0 Å². The average Bonchev–Trinajstić information content (AvgIpc) is 2.24. The third-order valence-electron chi connectivity index (χ3n) is 5.54. The van der Waals surface area contributed by atoms with Crippen molar-refractivity contribution in [3.63, 3.8) is 0 Å². The lowest BCUT2D eigenvalue weighted by molar-refractivity contribution is 0.00732. The molecule has 17 heavy (non-hydrogen) atoms. The van der Waals surface area contributed by atoms with E-state index in [1.165, 1.54) is 44.9 Å². The van der Waals surface area contributed by atoms with Gasteiger partial charge in [0.2, 0.25) is 0 Å². The minimum Gasteiger partial charge on any atom is -0.315 e. The molecule has 1 unspecified atom stereocenters. The molecule has 2 aliphatic rings. The molecule has 1 atom stereocenters. The van der Waals surface area contributed by atoms with Crippen LogP contribution in [0, 0.1) is 11.8 Å². The summed E-state index contributed by atoms with van der Waals surface area (Å²) < 4.78 is 0. The molecule has 2 fully saturated rings. The zero-order valence-corrected chi connectivity index (χ0v) is 12.1. The highest BCUT2D eigenvalue weighted by Crippen LogP contribution is 2.44. The molecule has 2 rings (SSSR count). The molecular weight excluding hydrogens is 208 g/mol. The van der Waals surface area contributed by atoms with Crippen molar-refractivity contribution >= 4 is 0 Å². The Morgan fingerprint density at radius 2 is 1.71 bits per heavy atom. The minimum atomic E-state index is 0.423. The summed E-state index contributed by atoms with van der Waals surface area (Å²) in [6.45, 7) is 2.41. The highest BCUT2D eigenvalue weighted by molar-refractivity contribution is 5.04. The molecule has 2 aliphatic carbocycles. The van der Waals surface area contributed by atoms with Crippen LogP contribution in [-0.2, 0) is 0 Å². The molecule has 100 valence electrons. The van der Waals surface area contributed by atoms with Crippen LogP contribution in [0.1, 0.15) is 51.9 Å². The summed E-state index contributed by atoms with van der Waals surface area (Å²) in [5.74, 6) is 1.86. The number of hydrogen-bond acceptors (Lipinski definition) is 2. The van der Waals surface area contributed by atoms with Gasteiger partial charge in [-0.25, -0.2) is 0 Å². The van der Waals surface area contributed by atoms with E-state index in [1.807, 2.05) is 0 Å². The Morgan fingerprint density at radius 1 is 1.12 bits per heavy atom. The third kappa shape index (κ3) is 2.39. The molecule has 0 heterocycles. The highest BCUT2D eigenvalue weighted by Gasteiger charge is 2.46. The quantitative estimate of drug-likeness (QED) is 0.810. The summed E-state index contributed by atoms with van der Waals surface area (Å²) in [7, 11) is 6.75. The van der Waals surface area contributed by atoms with Crippen molar-refractivity contribution in [3.05, 3.63) is 0 Å². The van der Waals surface area contributed by atoms with Gasteiger partial charge in [0.1, 0.15) is 0 Å². The smallest absolute Gasteiger partial charge is 0.0359 e. The van der Waals surface area contributed by atoms with Crippen LogP contribution in [0.25, 0.3) is 0 Å². The van der Waals surface area contributed by atoms with Crippen molar-refractivity contribution in [2.24, 2.45) is 11.8 Å². The molecule has 1 N–H and O–H groups in total. The van der Waals surface area contributed by atoms with Crippen molar-refractivity contribution in [2.75, 3.05) is 21.1 Å². The fraction of sp³-hybridized carbons (Fsp3) is 1.00. The summed E-state index contributed by atoms with van der Waals surface area (Å²) in [6.07, 6.45) is 9.90. The Hall–Kier alpha value is -0.0800. The second-order valence-corrected chi connectivity index (χ2v) is 6.64. The van der Waals surface area contributed by atoms with E-state index in [1.54, 1.807) is 0 Å². The van der Waals surface area contributed by atoms with Crippen molar-refractivity contribution in [1.29, 1.82) is 0 Å². The molecule has 2 nitrogen and oxygen atoms in total. The first kappa shape index (κ1) is 13.4. The van der Waals surface area contributed by atoms with Gasteiger partial charge in [-0.15, -0.1) is 0 Å². The lowest BCUT2D eigenvalue weighted by atomic mass is 9.64. The first-order chi connectivity index (χ1) is 8.10. The summed E-state index contributed by atoms with van der Waals surface area (Å²) in [6, 6.07) is 0.707.